The first kappa shape index (κ1) is 25.9. The van der Waals surface area contributed by atoms with Crippen LogP contribution in [0, 0.1) is 0 Å². The molecule has 11 heteroatoms. The normalized spacial score (nSPS) is 14.2. The maximum absolute atomic E-state index is 13.4. The van der Waals surface area contributed by atoms with Crippen molar-refractivity contribution >= 4 is 45.3 Å². The summed E-state index contributed by atoms with van der Waals surface area (Å²) in [4.78, 5) is 31.5. The predicted octanol–water partition coefficient (Wildman–Crippen LogP) is 5.57. The number of anilines is 1. The quantitative estimate of drug-likeness (QED) is 0.204. The Kier molecular flexibility index (Phi) is 8.10. The molecule has 0 saturated carbocycles. The fourth-order valence-electron chi connectivity index (χ4n) is 3.73. The lowest BCUT2D eigenvalue weighted by molar-refractivity contribution is -0.134. The lowest BCUT2D eigenvalue weighted by Crippen LogP contribution is -2.37. The number of methoxy groups -OCH3 is 1. The van der Waals surface area contributed by atoms with Crippen LogP contribution < -0.4 is 19.1 Å². The summed E-state index contributed by atoms with van der Waals surface area (Å²) in [6, 6.07) is 10.9. The molecule has 3 aromatic rings. The largest absolute Gasteiger partial charge is 0.493 e. The molecule has 1 amide bonds. The molecule has 0 N–H and O–H groups in total. The van der Waals surface area contributed by atoms with Crippen LogP contribution in [-0.4, -0.2) is 39.9 Å². The van der Waals surface area contributed by atoms with Gasteiger partial charge in [0.05, 0.1) is 17.3 Å². The van der Waals surface area contributed by atoms with Gasteiger partial charge in [0.2, 0.25) is 23.2 Å². The van der Waals surface area contributed by atoms with Gasteiger partial charge in [-0.15, -0.1) is 10.2 Å². The topological polar surface area (TPSA) is 104 Å². The number of hydrogen-bond donors (Lipinski definition) is 0. The molecular formula is C25H25BrN4O5S. The third-order valence-corrected chi connectivity index (χ3v) is 6.71. The Balaban J connectivity index is 1.93. The second kappa shape index (κ2) is 11.3. The van der Waals surface area contributed by atoms with Crippen molar-refractivity contribution in [3.63, 3.8) is 0 Å². The zero-order valence-electron chi connectivity index (χ0n) is 20.3. The van der Waals surface area contributed by atoms with Crippen LogP contribution in [0.1, 0.15) is 45.4 Å². The van der Waals surface area contributed by atoms with E-state index in [0.29, 0.717) is 37.9 Å². The number of hydrogen-bond acceptors (Lipinski definition) is 9. The van der Waals surface area contributed by atoms with E-state index < -0.39 is 12.2 Å². The molecule has 188 valence electrons. The molecule has 4 rings (SSSR count). The van der Waals surface area contributed by atoms with Crippen molar-refractivity contribution in [3.05, 3.63) is 46.4 Å². The Hall–Kier alpha value is -3.18. The molecule has 0 spiro atoms. The fraction of sp³-hybridized carbons (Fsp3) is 0.320. The minimum absolute atomic E-state index is 0.159. The second-order valence-corrected chi connectivity index (χ2v) is 9.73. The molecular weight excluding hydrogens is 548 g/mol. The third kappa shape index (κ3) is 5.03. The van der Waals surface area contributed by atoms with Gasteiger partial charge in [-0.3, -0.25) is 14.5 Å². The molecule has 2 heterocycles. The number of esters is 1. The van der Waals surface area contributed by atoms with Crippen LogP contribution in [0.3, 0.4) is 0 Å². The Morgan fingerprint density at radius 2 is 1.92 bits per heavy atom. The third-order valence-electron chi connectivity index (χ3n) is 5.40. The van der Waals surface area contributed by atoms with E-state index in [4.69, 9.17) is 14.2 Å². The average molecular weight is 573 g/mol. The number of carbonyl (C=O) groups is 2. The van der Waals surface area contributed by atoms with Crippen LogP contribution in [0.4, 0.5) is 5.69 Å². The summed E-state index contributed by atoms with van der Waals surface area (Å²) in [7, 11) is 1.48. The summed E-state index contributed by atoms with van der Waals surface area (Å²) in [5.74, 6) is 1.04. The van der Waals surface area contributed by atoms with E-state index >= 15 is 0 Å². The summed E-state index contributed by atoms with van der Waals surface area (Å²) < 4.78 is 17.9. The predicted molar refractivity (Wildman–Crippen MR) is 139 cm³/mol. The van der Waals surface area contributed by atoms with Gasteiger partial charge in [0, 0.05) is 24.0 Å². The number of thioether (sulfide) groups is 1. The van der Waals surface area contributed by atoms with Gasteiger partial charge in [-0.05, 0) is 39.9 Å². The van der Waals surface area contributed by atoms with Crippen molar-refractivity contribution < 1.29 is 23.8 Å². The van der Waals surface area contributed by atoms with E-state index in [1.54, 1.807) is 30.9 Å². The van der Waals surface area contributed by atoms with Crippen molar-refractivity contribution in [1.82, 2.24) is 15.2 Å². The minimum atomic E-state index is -0.905. The fourth-order valence-corrected chi connectivity index (χ4v) is 4.77. The summed E-state index contributed by atoms with van der Waals surface area (Å²) >= 11 is 4.94. The van der Waals surface area contributed by atoms with Gasteiger partial charge in [-0.1, -0.05) is 50.7 Å². The van der Waals surface area contributed by atoms with Crippen LogP contribution in [-0.2, 0) is 9.59 Å². The molecule has 2 aromatic carbocycles. The molecule has 1 aliphatic rings. The van der Waals surface area contributed by atoms with Gasteiger partial charge >= 0.3 is 5.97 Å². The number of benzene rings is 2. The highest BCUT2D eigenvalue weighted by Gasteiger charge is 2.36. The first-order valence-corrected chi connectivity index (χ1v) is 13.2. The average Bonchev–Trinajstić information content (AvgIpc) is 3.03. The second-order valence-electron chi connectivity index (χ2n) is 7.65. The number of aromatic nitrogens is 3. The maximum Gasteiger partial charge on any atom is 0.311 e. The lowest BCUT2D eigenvalue weighted by Gasteiger charge is -2.31. The van der Waals surface area contributed by atoms with Gasteiger partial charge in [0.15, 0.2) is 17.2 Å². The van der Waals surface area contributed by atoms with Gasteiger partial charge in [0.1, 0.15) is 0 Å². The van der Waals surface area contributed by atoms with E-state index in [1.165, 1.54) is 18.9 Å². The van der Waals surface area contributed by atoms with E-state index in [1.807, 2.05) is 31.2 Å². The van der Waals surface area contributed by atoms with Crippen LogP contribution in [0.2, 0.25) is 0 Å². The van der Waals surface area contributed by atoms with E-state index in [-0.39, 0.29) is 30.4 Å². The molecule has 0 unspecified atom stereocenters. The SMILES string of the molecule is CCSc1nnc2c(n1)O[C@@H](c1cc(Br)c(OC(=O)CC)c(OC)c1)N(C(=O)CC)c1ccccc1-2. The first-order chi connectivity index (χ1) is 17.4. The highest BCUT2D eigenvalue weighted by Crippen LogP contribution is 2.46. The number of carbonyl (C=O) groups excluding carboxylic acids is 2. The first-order valence-electron chi connectivity index (χ1n) is 11.4. The smallest absolute Gasteiger partial charge is 0.311 e. The highest BCUT2D eigenvalue weighted by molar-refractivity contribution is 9.10. The van der Waals surface area contributed by atoms with Crippen LogP contribution in [0.25, 0.3) is 11.3 Å². The van der Waals surface area contributed by atoms with Crippen molar-refractivity contribution in [2.24, 2.45) is 0 Å². The molecule has 0 saturated heterocycles. The van der Waals surface area contributed by atoms with Gasteiger partial charge in [-0.2, -0.15) is 4.98 Å². The van der Waals surface area contributed by atoms with Gasteiger partial charge in [0.25, 0.3) is 0 Å². The number of nitrogens with zero attached hydrogens (tertiary/aromatic N) is 4. The summed E-state index contributed by atoms with van der Waals surface area (Å²) in [5, 5.41) is 9.12. The molecule has 0 radical (unpaired) electrons. The van der Waals surface area contributed by atoms with Crippen molar-refractivity contribution in [3.8, 4) is 28.6 Å². The Bertz CT molecular complexity index is 1310. The Labute approximate surface area is 221 Å². The molecule has 9 nitrogen and oxygen atoms in total. The molecule has 0 fully saturated rings. The molecule has 36 heavy (non-hydrogen) atoms. The maximum atomic E-state index is 13.4. The van der Waals surface area contributed by atoms with Gasteiger partial charge < -0.3 is 14.2 Å². The van der Waals surface area contributed by atoms with Crippen LogP contribution >= 0.6 is 27.7 Å². The van der Waals surface area contributed by atoms with Crippen molar-refractivity contribution in [2.45, 2.75) is 45.0 Å². The zero-order chi connectivity index (χ0) is 25.8. The number of amides is 1. The molecule has 1 atom stereocenters. The number of ether oxygens (including phenoxy) is 3. The number of rotatable bonds is 7. The number of para-hydroxylation sites is 1. The monoisotopic (exact) mass is 572 g/mol. The molecule has 1 aliphatic heterocycles. The number of fused-ring (bicyclic) bond motifs is 3. The van der Waals surface area contributed by atoms with Crippen molar-refractivity contribution in [1.29, 1.82) is 0 Å². The van der Waals surface area contributed by atoms with E-state index in [9.17, 15) is 9.59 Å². The molecule has 1 aromatic heterocycles. The Morgan fingerprint density at radius 1 is 1.14 bits per heavy atom. The van der Waals surface area contributed by atoms with E-state index in [0.717, 1.165) is 5.75 Å². The minimum Gasteiger partial charge on any atom is -0.493 e. The Morgan fingerprint density at radius 3 is 2.61 bits per heavy atom. The summed E-state index contributed by atoms with van der Waals surface area (Å²) in [6.07, 6.45) is -0.456. The summed E-state index contributed by atoms with van der Waals surface area (Å²) in [5.41, 5.74) is 2.34. The standard InChI is InChI=1S/C25H25BrN4O5S/c1-5-19(31)30-17-11-9-8-10-15(17)21-23(27-25(29-28-21)36-7-3)35-24(30)14-12-16(26)22(18(13-14)33-4)34-20(32)6-2/h8-13,24H,5-7H2,1-4H3/t24-/m0/s1. The highest BCUT2D eigenvalue weighted by atomic mass is 79.9. The van der Waals surface area contributed by atoms with Crippen LogP contribution in [0.5, 0.6) is 17.4 Å². The lowest BCUT2D eigenvalue weighted by atomic mass is 10.1. The number of halogens is 1. The van der Waals surface area contributed by atoms with Crippen molar-refractivity contribution in [2.75, 3.05) is 17.8 Å². The van der Waals surface area contributed by atoms with Gasteiger partial charge in [-0.25, -0.2) is 0 Å². The van der Waals surface area contributed by atoms with Crippen LogP contribution in [0.15, 0.2) is 46.0 Å². The zero-order valence-corrected chi connectivity index (χ0v) is 22.7. The molecule has 0 bridgehead atoms. The molecule has 0 aliphatic carbocycles. The van der Waals surface area contributed by atoms with E-state index in [2.05, 4.69) is 31.1 Å². The summed E-state index contributed by atoms with van der Waals surface area (Å²) in [6.45, 7) is 5.50.